The third-order valence-electron chi connectivity index (χ3n) is 3.93. The predicted octanol–water partition coefficient (Wildman–Crippen LogP) is 3.95. The summed E-state index contributed by atoms with van der Waals surface area (Å²) in [4.78, 5) is 17.5. The van der Waals surface area contributed by atoms with Crippen LogP contribution in [-0.2, 0) is 20.8 Å². The van der Waals surface area contributed by atoms with Gasteiger partial charge in [-0.3, -0.25) is 0 Å². The number of nitrogens with zero attached hydrogens (tertiary/aromatic N) is 1. The van der Waals surface area contributed by atoms with Gasteiger partial charge in [-0.25, -0.2) is 9.78 Å². The molecule has 1 unspecified atom stereocenters. The van der Waals surface area contributed by atoms with E-state index in [1.165, 1.54) is 7.11 Å². The SMILES string of the molecule is COC(=O)c1cccc(-c2nc(COC3CCCCO3)sc2C)c1. The van der Waals surface area contributed by atoms with Gasteiger partial charge < -0.3 is 14.2 Å². The Hall–Kier alpha value is -1.76. The molecule has 1 aromatic heterocycles. The van der Waals surface area contributed by atoms with Gasteiger partial charge in [0.25, 0.3) is 0 Å². The average Bonchev–Trinajstić information content (AvgIpc) is 3.01. The number of carbonyl (C=O) groups excluding carboxylic acids is 1. The van der Waals surface area contributed by atoms with Crippen LogP contribution in [-0.4, -0.2) is 31.0 Å². The van der Waals surface area contributed by atoms with Gasteiger partial charge in [0.2, 0.25) is 0 Å². The number of hydrogen-bond donors (Lipinski definition) is 0. The van der Waals surface area contributed by atoms with Crippen molar-refractivity contribution >= 4 is 17.3 Å². The number of aromatic nitrogens is 1. The zero-order chi connectivity index (χ0) is 16.9. The standard InChI is InChI=1S/C18H21NO4S/c1-12-17(13-6-5-7-14(10-13)18(20)21-2)19-15(24-12)11-23-16-8-3-4-9-22-16/h5-7,10,16H,3-4,8-9,11H2,1-2H3. The molecule has 0 N–H and O–H groups in total. The van der Waals surface area contributed by atoms with Crippen LogP contribution in [0.2, 0.25) is 0 Å². The van der Waals surface area contributed by atoms with Crippen LogP contribution in [0, 0.1) is 6.92 Å². The fourth-order valence-corrected chi connectivity index (χ4v) is 3.58. The second-order valence-corrected chi connectivity index (χ2v) is 6.98. The Bertz CT molecular complexity index is 707. The Balaban J connectivity index is 1.72. The Morgan fingerprint density at radius 3 is 3.04 bits per heavy atom. The molecular formula is C18H21NO4S. The molecule has 5 nitrogen and oxygen atoms in total. The lowest BCUT2D eigenvalue weighted by Crippen LogP contribution is -2.21. The number of rotatable bonds is 5. The van der Waals surface area contributed by atoms with Crippen LogP contribution in [0.3, 0.4) is 0 Å². The molecule has 2 aromatic rings. The van der Waals surface area contributed by atoms with Crippen molar-refractivity contribution in [1.82, 2.24) is 4.98 Å². The van der Waals surface area contributed by atoms with E-state index in [2.05, 4.69) is 4.98 Å². The molecule has 2 heterocycles. The summed E-state index contributed by atoms with van der Waals surface area (Å²) in [5.41, 5.74) is 2.32. The van der Waals surface area contributed by atoms with Crippen molar-refractivity contribution in [3.8, 4) is 11.3 Å². The molecule has 1 fully saturated rings. The van der Waals surface area contributed by atoms with E-state index >= 15 is 0 Å². The molecule has 1 aromatic carbocycles. The third kappa shape index (κ3) is 4.01. The number of aryl methyl sites for hydroxylation is 1. The van der Waals surface area contributed by atoms with E-state index in [1.54, 1.807) is 17.4 Å². The van der Waals surface area contributed by atoms with Crippen LogP contribution < -0.4 is 0 Å². The predicted molar refractivity (Wildman–Crippen MR) is 92.0 cm³/mol. The van der Waals surface area contributed by atoms with Gasteiger partial charge in [-0.1, -0.05) is 12.1 Å². The topological polar surface area (TPSA) is 57.7 Å². The lowest BCUT2D eigenvalue weighted by atomic mass is 10.1. The van der Waals surface area contributed by atoms with Crippen LogP contribution in [0.5, 0.6) is 0 Å². The van der Waals surface area contributed by atoms with E-state index in [9.17, 15) is 4.79 Å². The highest BCUT2D eigenvalue weighted by Gasteiger charge is 2.17. The maximum atomic E-state index is 11.7. The molecule has 24 heavy (non-hydrogen) atoms. The van der Waals surface area contributed by atoms with E-state index in [0.717, 1.165) is 47.0 Å². The highest BCUT2D eigenvalue weighted by atomic mass is 32.1. The molecule has 0 saturated carbocycles. The van der Waals surface area contributed by atoms with Crippen LogP contribution in [0.1, 0.15) is 39.5 Å². The third-order valence-corrected chi connectivity index (χ3v) is 4.87. The monoisotopic (exact) mass is 347 g/mol. The van der Waals surface area contributed by atoms with Crippen molar-refractivity contribution in [2.24, 2.45) is 0 Å². The van der Waals surface area contributed by atoms with Gasteiger partial charge in [0.1, 0.15) is 11.6 Å². The van der Waals surface area contributed by atoms with Crippen LogP contribution in [0.4, 0.5) is 0 Å². The Labute approximate surface area is 145 Å². The molecular weight excluding hydrogens is 326 g/mol. The first-order chi connectivity index (χ1) is 11.7. The van der Waals surface area contributed by atoms with E-state index in [0.29, 0.717) is 12.2 Å². The largest absolute Gasteiger partial charge is 0.465 e. The minimum atomic E-state index is -0.345. The number of thiazole rings is 1. The summed E-state index contributed by atoms with van der Waals surface area (Å²) in [5, 5.41) is 0.917. The maximum Gasteiger partial charge on any atom is 0.337 e. The Kier molecular flexibility index (Phi) is 5.60. The van der Waals surface area contributed by atoms with E-state index in [1.807, 2.05) is 25.1 Å². The number of ether oxygens (including phenoxy) is 3. The molecule has 1 aliphatic heterocycles. The van der Waals surface area contributed by atoms with Gasteiger partial charge in [-0.2, -0.15) is 0 Å². The molecule has 1 aliphatic rings. The van der Waals surface area contributed by atoms with Gasteiger partial charge in [0, 0.05) is 17.0 Å². The molecule has 0 radical (unpaired) electrons. The van der Waals surface area contributed by atoms with Crippen molar-refractivity contribution in [3.05, 3.63) is 39.7 Å². The van der Waals surface area contributed by atoms with Crippen LogP contribution in [0.15, 0.2) is 24.3 Å². The highest BCUT2D eigenvalue weighted by Crippen LogP contribution is 2.29. The molecule has 0 amide bonds. The fourth-order valence-electron chi connectivity index (χ4n) is 2.70. The van der Waals surface area contributed by atoms with Crippen molar-refractivity contribution < 1.29 is 19.0 Å². The summed E-state index contributed by atoms with van der Waals surface area (Å²) in [5.74, 6) is -0.345. The smallest absolute Gasteiger partial charge is 0.337 e. The summed E-state index contributed by atoms with van der Waals surface area (Å²) in [6, 6.07) is 7.33. The summed E-state index contributed by atoms with van der Waals surface area (Å²) in [6.07, 6.45) is 3.08. The van der Waals surface area contributed by atoms with Gasteiger partial charge in [0.15, 0.2) is 6.29 Å². The number of benzene rings is 1. The zero-order valence-corrected chi connectivity index (χ0v) is 14.7. The number of esters is 1. The molecule has 0 bridgehead atoms. The van der Waals surface area contributed by atoms with Gasteiger partial charge >= 0.3 is 5.97 Å². The fraction of sp³-hybridized carbons (Fsp3) is 0.444. The van der Waals surface area contributed by atoms with Gasteiger partial charge in [-0.15, -0.1) is 11.3 Å². The number of hydrogen-bond acceptors (Lipinski definition) is 6. The van der Waals surface area contributed by atoms with Gasteiger partial charge in [0.05, 0.1) is 18.4 Å². The van der Waals surface area contributed by atoms with Gasteiger partial charge in [-0.05, 0) is 38.3 Å². The number of carbonyl (C=O) groups is 1. The van der Waals surface area contributed by atoms with E-state index in [-0.39, 0.29) is 12.3 Å². The summed E-state index contributed by atoms with van der Waals surface area (Å²) in [6.45, 7) is 3.25. The molecule has 1 atom stereocenters. The zero-order valence-electron chi connectivity index (χ0n) is 13.9. The maximum absolute atomic E-state index is 11.7. The van der Waals surface area contributed by atoms with Crippen molar-refractivity contribution in [2.75, 3.05) is 13.7 Å². The summed E-state index contributed by atoms with van der Waals surface area (Å²) >= 11 is 1.61. The lowest BCUT2D eigenvalue weighted by molar-refractivity contribution is -0.168. The first-order valence-corrected chi connectivity index (χ1v) is 8.87. The second kappa shape index (κ2) is 7.88. The van der Waals surface area contributed by atoms with Crippen LogP contribution in [0.25, 0.3) is 11.3 Å². The minimum Gasteiger partial charge on any atom is -0.465 e. The quantitative estimate of drug-likeness (QED) is 0.767. The normalized spacial score (nSPS) is 17.7. The first-order valence-electron chi connectivity index (χ1n) is 8.05. The van der Waals surface area contributed by atoms with E-state index < -0.39 is 0 Å². The average molecular weight is 347 g/mol. The molecule has 0 spiro atoms. The molecule has 128 valence electrons. The van der Waals surface area contributed by atoms with Crippen LogP contribution >= 0.6 is 11.3 Å². The number of methoxy groups -OCH3 is 1. The molecule has 0 aliphatic carbocycles. The second-order valence-electron chi connectivity index (χ2n) is 5.69. The summed E-state index contributed by atoms with van der Waals surface area (Å²) < 4.78 is 16.2. The first kappa shape index (κ1) is 17.1. The molecule has 1 saturated heterocycles. The van der Waals surface area contributed by atoms with Crippen molar-refractivity contribution in [3.63, 3.8) is 0 Å². The lowest BCUT2D eigenvalue weighted by Gasteiger charge is -2.22. The molecule has 3 rings (SSSR count). The minimum absolute atomic E-state index is 0.117. The highest BCUT2D eigenvalue weighted by molar-refractivity contribution is 7.12. The molecule has 6 heteroatoms. The van der Waals surface area contributed by atoms with Crippen molar-refractivity contribution in [2.45, 2.75) is 39.1 Å². The van der Waals surface area contributed by atoms with Crippen molar-refractivity contribution in [1.29, 1.82) is 0 Å². The Morgan fingerprint density at radius 2 is 2.29 bits per heavy atom. The van der Waals surface area contributed by atoms with E-state index in [4.69, 9.17) is 14.2 Å². The summed E-state index contributed by atoms with van der Waals surface area (Å²) in [7, 11) is 1.38. The Morgan fingerprint density at radius 1 is 1.42 bits per heavy atom.